The van der Waals surface area contributed by atoms with Gasteiger partial charge in [0, 0.05) is 18.6 Å². The summed E-state index contributed by atoms with van der Waals surface area (Å²) in [6, 6.07) is 4.61. The number of benzene rings is 1. The van der Waals surface area contributed by atoms with Gasteiger partial charge in [-0.1, -0.05) is 37.5 Å². The van der Waals surface area contributed by atoms with Gasteiger partial charge in [-0.2, -0.15) is 0 Å². The molecule has 0 atom stereocenters. The summed E-state index contributed by atoms with van der Waals surface area (Å²) in [5.74, 6) is 0. The van der Waals surface area contributed by atoms with E-state index >= 15 is 0 Å². The molecule has 1 saturated carbocycles. The summed E-state index contributed by atoms with van der Waals surface area (Å²) in [5.41, 5.74) is 12.1. The molecule has 0 aromatic heterocycles. The van der Waals surface area contributed by atoms with Crippen LogP contribution in [0.5, 0.6) is 0 Å². The smallest absolute Gasteiger partial charge is 0.0335 e. The van der Waals surface area contributed by atoms with Crippen LogP contribution in [0.3, 0.4) is 0 Å². The third-order valence-corrected chi connectivity index (χ3v) is 5.16. The van der Waals surface area contributed by atoms with Gasteiger partial charge in [0.1, 0.15) is 0 Å². The summed E-state index contributed by atoms with van der Waals surface area (Å²) in [7, 11) is 0. The third-order valence-electron chi connectivity index (χ3n) is 5.16. The molecule has 20 heavy (non-hydrogen) atoms. The lowest BCUT2D eigenvalue weighted by atomic mass is 9.92. The molecule has 0 amide bonds. The van der Waals surface area contributed by atoms with E-state index in [-0.39, 0.29) is 5.54 Å². The highest BCUT2D eigenvalue weighted by molar-refractivity contribution is 5.37. The Balaban J connectivity index is 2.27. The fraction of sp³-hybridized carbons (Fsp3) is 0.667. The van der Waals surface area contributed by atoms with Crippen LogP contribution in [0.15, 0.2) is 12.1 Å². The van der Waals surface area contributed by atoms with Gasteiger partial charge >= 0.3 is 0 Å². The lowest BCUT2D eigenvalue weighted by molar-refractivity contribution is 0.0966. The normalized spacial score (nSPS) is 17.9. The van der Waals surface area contributed by atoms with Crippen LogP contribution in [0.25, 0.3) is 0 Å². The molecule has 1 aliphatic rings. The van der Waals surface area contributed by atoms with E-state index in [1.807, 2.05) is 0 Å². The number of hydrogen-bond acceptors (Lipinski definition) is 2. The lowest BCUT2D eigenvalue weighted by Gasteiger charge is -2.40. The highest BCUT2D eigenvalue weighted by atomic mass is 15.2. The van der Waals surface area contributed by atoms with Crippen molar-refractivity contribution in [1.29, 1.82) is 0 Å². The maximum atomic E-state index is 6.16. The molecular weight excluding hydrogens is 244 g/mol. The summed E-state index contributed by atoms with van der Waals surface area (Å²) >= 11 is 0. The third kappa shape index (κ3) is 2.91. The second kappa shape index (κ2) is 6.28. The van der Waals surface area contributed by atoms with Gasteiger partial charge in [-0.25, -0.2) is 0 Å². The zero-order chi connectivity index (χ0) is 14.8. The molecule has 2 rings (SSSR count). The Morgan fingerprint density at radius 1 is 1.10 bits per heavy atom. The summed E-state index contributed by atoms with van der Waals surface area (Å²) in [4.78, 5) is 2.63. The van der Waals surface area contributed by atoms with Crippen molar-refractivity contribution in [2.75, 3.05) is 13.1 Å². The molecule has 1 aromatic rings. The van der Waals surface area contributed by atoms with Gasteiger partial charge in [0.25, 0.3) is 0 Å². The molecule has 0 heterocycles. The zero-order valence-electron chi connectivity index (χ0n) is 13.6. The van der Waals surface area contributed by atoms with Crippen molar-refractivity contribution >= 4 is 0 Å². The van der Waals surface area contributed by atoms with Crippen LogP contribution >= 0.6 is 0 Å². The second-order valence-electron chi connectivity index (χ2n) is 6.53. The first-order valence-electron chi connectivity index (χ1n) is 8.04. The summed E-state index contributed by atoms with van der Waals surface area (Å²) in [5, 5.41) is 0. The van der Waals surface area contributed by atoms with E-state index in [0.717, 1.165) is 19.6 Å². The Kier molecular flexibility index (Phi) is 4.87. The highest BCUT2D eigenvalue weighted by Gasteiger charge is 2.37. The molecule has 2 N–H and O–H groups in total. The van der Waals surface area contributed by atoms with E-state index in [1.54, 1.807) is 0 Å². The molecule has 0 radical (unpaired) electrons. The van der Waals surface area contributed by atoms with Gasteiger partial charge in [0.05, 0.1) is 0 Å². The number of aryl methyl sites for hydroxylation is 3. The van der Waals surface area contributed by atoms with Crippen LogP contribution in [0, 0.1) is 20.8 Å². The number of rotatable bonds is 5. The first kappa shape index (κ1) is 15.5. The van der Waals surface area contributed by atoms with E-state index in [1.165, 1.54) is 47.9 Å². The molecule has 0 unspecified atom stereocenters. The monoisotopic (exact) mass is 274 g/mol. The van der Waals surface area contributed by atoms with Crippen molar-refractivity contribution in [2.24, 2.45) is 5.73 Å². The van der Waals surface area contributed by atoms with Crippen LogP contribution < -0.4 is 5.73 Å². The molecule has 1 fully saturated rings. The highest BCUT2D eigenvalue weighted by Crippen LogP contribution is 2.36. The topological polar surface area (TPSA) is 29.3 Å². The molecule has 112 valence electrons. The van der Waals surface area contributed by atoms with Gasteiger partial charge in [0.2, 0.25) is 0 Å². The fourth-order valence-corrected chi connectivity index (χ4v) is 3.95. The summed E-state index contributed by atoms with van der Waals surface area (Å²) in [6.07, 6.45) is 5.20. The quantitative estimate of drug-likeness (QED) is 0.887. The number of nitrogens with zero attached hydrogens (tertiary/aromatic N) is 1. The minimum atomic E-state index is 0.249. The molecule has 1 aromatic carbocycles. The molecule has 0 saturated heterocycles. The van der Waals surface area contributed by atoms with Crippen LogP contribution in [0.2, 0.25) is 0 Å². The van der Waals surface area contributed by atoms with Crippen molar-refractivity contribution in [1.82, 2.24) is 4.90 Å². The first-order valence-corrected chi connectivity index (χ1v) is 8.04. The van der Waals surface area contributed by atoms with Crippen molar-refractivity contribution in [3.8, 4) is 0 Å². The standard InChI is InChI=1S/C18H30N2/c1-5-20(18(13-19)8-6-7-9-18)12-17-15(3)10-14(2)11-16(17)4/h10-11H,5-9,12-13,19H2,1-4H3. The van der Waals surface area contributed by atoms with Crippen LogP contribution in [-0.2, 0) is 6.54 Å². The van der Waals surface area contributed by atoms with Gasteiger partial charge < -0.3 is 5.73 Å². The van der Waals surface area contributed by atoms with Crippen LogP contribution in [0.4, 0.5) is 0 Å². The predicted molar refractivity (Wildman–Crippen MR) is 87.0 cm³/mol. The molecule has 0 bridgehead atoms. The maximum Gasteiger partial charge on any atom is 0.0335 e. The Bertz CT molecular complexity index is 435. The van der Waals surface area contributed by atoms with Crippen molar-refractivity contribution in [3.63, 3.8) is 0 Å². The molecule has 0 spiro atoms. The molecule has 0 aliphatic heterocycles. The van der Waals surface area contributed by atoms with E-state index in [0.29, 0.717) is 0 Å². The minimum absolute atomic E-state index is 0.249. The Morgan fingerprint density at radius 3 is 2.10 bits per heavy atom. The fourth-order valence-electron chi connectivity index (χ4n) is 3.95. The van der Waals surface area contributed by atoms with Crippen molar-refractivity contribution in [3.05, 3.63) is 34.4 Å². The van der Waals surface area contributed by atoms with Crippen LogP contribution in [0.1, 0.15) is 54.9 Å². The molecule has 2 heteroatoms. The summed E-state index contributed by atoms with van der Waals surface area (Å²) < 4.78 is 0. The Labute approximate surface area is 124 Å². The predicted octanol–water partition coefficient (Wildman–Crippen LogP) is 3.71. The Hall–Kier alpha value is -0.860. The van der Waals surface area contributed by atoms with Crippen LogP contribution in [-0.4, -0.2) is 23.5 Å². The average Bonchev–Trinajstić information content (AvgIpc) is 2.88. The van der Waals surface area contributed by atoms with Crippen molar-refractivity contribution in [2.45, 2.75) is 65.5 Å². The SMILES string of the molecule is CCN(Cc1c(C)cc(C)cc1C)C1(CN)CCCC1. The summed E-state index contributed by atoms with van der Waals surface area (Å²) in [6.45, 7) is 11.9. The Morgan fingerprint density at radius 2 is 1.65 bits per heavy atom. The van der Waals surface area contributed by atoms with E-state index in [9.17, 15) is 0 Å². The van der Waals surface area contributed by atoms with Gasteiger partial charge in [-0.15, -0.1) is 0 Å². The largest absolute Gasteiger partial charge is 0.329 e. The first-order chi connectivity index (χ1) is 9.52. The molecule has 1 aliphatic carbocycles. The van der Waals surface area contributed by atoms with E-state index in [4.69, 9.17) is 5.73 Å². The van der Waals surface area contributed by atoms with Gasteiger partial charge in [0.15, 0.2) is 0 Å². The maximum absolute atomic E-state index is 6.16. The zero-order valence-corrected chi connectivity index (χ0v) is 13.6. The van der Waals surface area contributed by atoms with Gasteiger partial charge in [-0.05, 0) is 56.8 Å². The van der Waals surface area contributed by atoms with E-state index in [2.05, 4.69) is 44.7 Å². The van der Waals surface area contributed by atoms with Crippen molar-refractivity contribution < 1.29 is 0 Å². The number of likely N-dealkylation sites (N-methyl/N-ethyl adjacent to an activating group) is 1. The average molecular weight is 274 g/mol. The second-order valence-corrected chi connectivity index (χ2v) is 6.53. The van der Waals surface area contributed by atoms with Gasteiger partial charge in [-0.3, -0.25) is 4.90 Å². The minimum Gasteiger partial charge on any atom is -0.329 e. The lowest BCUT2D eigenvalue weighted by Crippen LogP contribution is -2.51. The van der Waals surface area contributed by atoms with E-state index < -0.39 is 0 Å². The molecule has 2 nitrogen and oxygen atoms in total. The number of nitrogens with two attached hydrogens (primary N) is 1. The number of hydrogen-bond donors (Lipinski definition) is 1. The molecular formula is C18H30N2.